The predicted molar refractivity (Wildman–Crippen MR) is 142 cm³/mol. The summed E-state index contributed by atoms with van der Waals surface area (Å²) < 4.78 is 0. The highest BCUT2D eigenvalue weighted by atomic mass is 32.2. The second-order valence-electron chi connectivity index (χ2n) is 10.7. The summed E-state index contributed by atoms with van der Waals surface area (Å²) >= 11 is 2.87. The van der Waals surface area contributed by atoms with Gasteiger partial charge in [0, 0.05) is 23.7 Å². The van der Waals surface area contributed by atoms with Crippen LogP contribution in [-0.4, -0.2) is 34.6 Å². The molecule has 1 aliphatic heterocycles. The van der Waals surface area contributed by atoms with E-state index >= 15 is 0 Å². The highest BCUT2D eigenvalue weighted by molar-refractivity contribution is 8.00. The molecule has 0 saturated carbocycles. The molecule has 8 heteroatoms. The van der Waals surface area contributed by atoms with Crippen molar-refractivity contribution in [1.82, 2.24) is 9.88 Å². The molecule has 2 aromatic heterocycles. The second kappa shape index (κ2) is 10.3. The molecular weight excluding hydrogens is 474 g/mol. The van der Waals surface area contributed by atoms with Crippen LogP contribution in [0.5, 0.6) is 0 Å². The minimum atomic E-state index is -0.396. The molecule has 0 saturated heterocycles. The van der Waals surface area contributed by atoms with Gasteiger partial charge in [-0.2, -0.15) is 10.5 Å². The number of pyridine rings is 1. The highest BCUT2D eigenvalue weighted by Gasteiger charge is 2.31. The van der Waals surface area contributed by atoms with Gasteiger partial charge in [0.2, 0.25) is 5.91 Å². The van der Waals surface area contributed by atoms with Crippen LogP contribution < -0.4 is 5.32 Å². The molecule has 1 aliphatic carbocycles. The van der Waals surface area contributed by atoms with Crippen LogP contribution in [0.2, 0.25) is 0 Å². The number of hydrogen-bond acceptors (Lipinski definition) is 7. The maximum atomic E-state index is 13.3. The zero-order valence-electron chi connectivity index (χ0n) is 21.2. The maximum absolute atomic E-state index is 13.3. The van der Waals surface area contributed by atoms with Crippen molar-refractivity contribution in [3.63, 3.8) is 0 Å². The number of amides is 1. The van der Waals surface area contributed by atoms with Crippen molar-refractivity contribution in [1.29, 1.82) is 10.5 Å². The monoisotopic (exact) mass is 507 g/mol. The number of carbonyl (C=O) groups is 1. The van der Waals surface area contributed by atoms with Gasteiger partial charge in [-0.25, -0.2) is 4.98 Å². The number of aromatic nitrogens is 1. The molecule has 2 atom stereocenters. The number of likely N-dealkylation sites (N-methyl/N-ethyl adjacent to an activating group) is 1. The molecule has 3 heterocycles. The first-order valence-corrected chi connectivity index (χ1v) is 14.0. The molecule has 0 aromatic carbocycles. The van der Waals surface area contributed by atoms with Crippen LogP contribution in [0.15, 0.2) is 11.1 Å². The second-order valence-corrected chi connectivity index (χ2v) is 13.0. The number of aryl methyl sites for hydroxylation is 1. The molecule has 1 amide bonds. The minimum absolute atomic E-state index is 0.142. The van der Waals surface area contributed by atoms with E-state index in [9.17, 15) is 15.3 Å². The Labute approximate surface area is 216 Å². The molecule has 35 heavy (non-hydrogen) atoms. The van der Waals surface area contributed by atoms with Crippen LogP contribution in [0.1, 0.15) is 73.4 Å². The Balaban J connectivity index is 1.54. The molecule has 2 aliphatic rings. The van der Waals surface area contributed by atoms with Crippen LogP contribution in [0.4, 0.5) is 5.00 Å². The Kier molecular flexibility index (Phi) is 7.57. The number of carbonyl (C=O) groups excluding carboxylic acids is 1. The number of fused-ring (bicyclic) bond motifs is 2. The predicted octanol–water partition coefficient (Wildman–Crippen LogP) is 5.53. The van der Waals surface area contributed by atoms with E-state index in [-0.39, 0.29) is 11.3 Å². The molecule has 2 unspecified atom stereocenters. The van der Waals surface area contributed by atoms with Gasteiger partial charge in [-0.15, -0.1) is 11.3 Å². The van der Waals surface area contributed by atoms with Gasteiger partial charge >= 0.3 is 0 Å². The maximum Gasteiger partial charge on any atom is 0.238 e. The lowest BCUT2D eigenvalue weighted by Crippen LogP contribution is -2.28. The Morgan fingerprint density at radius 2 is 2.11 bits per heavy atom. The van der Waals surface area contributed by atoms with E-state index in [2.05, 4.69) is 50.2 Å². The average Bonchev–Trinajstić information content (AvgIpc) is 3.16. The number of hydrogen-bond donors (Lipinski definition) is 1. The van der Waals surface area contributed by atoms with Crippen LogP contribution >= 0.6 is 23.1 Å². The molecular formula is C27H33N5OS2. The fourth-order valence-electron chi connectivity index (χ4n) is 4.94. The number of rotatable bonds is 5. The van der Waals surface area contributed by atoms with Gasteiger partial charge in [0.05, 0.1) is 16.4 Å². The average molecular weight is 508 g/mol. The first-order valence-electron chi connectivity index (χ1n) is 12.3. The molecule has 4 rings (SSSR count). The van der Waals surface area contributed by atoms with Crippen molar-refractivity contribution in [3.8, 4) is 12.1 Å². The summed E-state index contributed by atoms with van der Waals surface area (Å²) in [5.74, 6) is 0.430. The third kappa shape index (κ3) is 5.40. The lowest BCUT2D eigenvalue weighted by molar-refractivity contribution is -0.115. The zero-order valence-corrected chi connectivity index (χ0v) is 22.8. The number of thiophene rings is 1. The Morgan fingerprint density at radius 1 is 1.34 bits per heavy atom. The molecule has 6 nitrogen and oxygen atoms in total. The lowest BCUT2D eigenvalue weighted by atomic mass is 9.71. The van der Waals surface area contributed by atoms with Crippen molar-refractivity contribution >= 4 is 34.0 Å². The van der Waals surface area contributed by atoms with Crippen LogP contribution in [0.3, 0.4) is 0 Å². The molecule has 1 N–H and O–H groups in total. The third-order valence-electron chi connectivity index (χ3n) is 7.21. The smallest absolute Gasteiger partial charge is 0.238 e. The van der Waals surface area contributed by atoms with Gasteiger partial charge in [-0.1, -0.05) is 39.5 Å². The lowest BCUT2D eigenvalue weighted by Gasteiger charge is -2.34. The fourth-order valence-corrected chi connectivity index (χ4v) is 7.22. The van der Waals surface area contributed by atoms with Crippen molar-refractivity contribution in [2.24, 2.45) is 11.3 Å². The number of thioether (sulfide) groups is 1. The summed E-state index contributed by atoms with van der Waals surface area (Å²) in [4.78, 5) is 21.5. The molecule has 2 aromatic rings. The minimum Gasteiger partial charge on any atom is -0.316 e. The number of nitriles is 2. The Bertz CT molecular complexity index is 1210. The van der Waals surface area contributed by atoms with Gasteiger partial charge in [0.15, 0.2) is 0 Å². The van der Waals surface area contributed by atoms with E-state index in [1.54, 1.807) is 0 Å². The van der Waals surface area contributed by atoms with Gasteiger partial charge < -0.3 is 10.2 Å². The van der Waals surface area contributed by atoms with Crippen molar-refractivity contribution < 1.29 is 4.79 Å². The third-order valence-corrected chi connectivity index (χ3v) is 9.71. The number of nitrogens with zero attached hydrogens (tertiary/aromatic N) is 4. The molecule has 0 radical (unpaired) electrons. The van der Waals surface area contributed by atoms with Gasteiger partial charge in [-0.3, -0.25) is 4.79 Å². The van der Waals surface area contributed by atoms with Crippen molar-refractivity contribution in [3.05, 3.63) is 38.9 Å². The van der Waals surface area contributed by atoms with Crippen LogP contribution in [0, 0.1) is 34.0 Å². The van der Waals surface area contributed by atoms with E-state index in [4.69, 9.17) is 4.98 Å². The summed E-state index contributed by atoms with van der Waals surface area (Å²) in [5.41, 5.74) is 4.67. The van der Waals surface area contributed by atoms with Crippen molar-refractivity contribution in [2.75, 3.05) is 18.9 Å². The van der Waals surface area contributed by atoms with Gasteiger partial charge in [0.25, 0.3) is 0 Å². The standard InChI is InChI=1S/C27H33N5OS2/c1-6-22(24(33)31-26-20(14-29)19-9-10-32(5)15-23(19)35-26)34-25-17(13-28)11-16-12-18(27(2,3)4)7-8-21(16)30-25/h11,18,22H,6-10,12,15H2,1-5H3,(H,31,33). The fraction of sp³-hybridized carbons (Fsp3) is 0.556. The van der Waals surface area contributed by atoms with Gasteiger partial charge in [0.1, 0.15) is 22.2 Å². The summed E-state index contributed by atoms with van der Waals surface area (Å²) in [6.45, 7) is 10.5. The van der Waals surface area contributed by atoms with E-state index < -0.39 is 5.25 Å². The molecule has 0 bridgehead atoms. The van der Waals surface area contributed by atoms with E-state index in [1.165, 1.54) is 28.7 Å². The molecule has 184 valence electrons. The van der Waals surface area contributed by atoms with Gasteiger partial charge in [-0.05, 0) is 67.7 Å². The number of nitrogens with one attached hydrogen (secondary N) is 1. The zero-order chi connectivity index (χ0) is 25.3. The topological polar surface area (TPSA) is 92.8 Å². The van der Waals surface area contributed by atoms with Crippen LogP contribution in [0.25, 0.3) is 0 Å². The Hall–Kier alpha value is -2.39. The molecule has 0 spiro atoms. The highest BCUT2D eigenvalue weighted by Crippen LogP contribution is 2.40. The van der Waals surface area contributed by atoms with E-state index in [0.29, 0.717) is 33.5 Å². The van der Waals surface area contributed by atoms with E-state index in [0.717, 1.165) is 54.9 Å². The SMILES string of the molecule is CCC(Sc1nc2c(cc1C#N)CC(C(C)(C)C)CC2)C(=O)Nc1sc2c(c1C#N)CCN(C)C2. The largest absolute Gasteiger partial charge is 0.316 e. The van der Waals surface area contributed by atoms with Crippen molar-refractivity contribution in [2.45, 2.75) is 76.6 Å². The summed E-state index contributed by atoms with van der Waals surface area (Å²) in [6, 6.07) is 6.61. The summed E-state index contributed by atoms with van der Waals surface area (Å²) in [7, 11) is 2.07. The first-order chi connectivity index (χ1) is 16.6. The normalized spacial score (nSPS) is 18.7. The summed E-state index contributed by atoms with van der Waals surface area (Å²) in [6.07, 6.45) is 4.36. The molecule has 0 fully saturated rings. The van der Waals surface area contributed by atoms with E-state index in [1.807, 2.05) is 13.0 Å². The number of anilines is 1. The quantitative estimate of drug-likeness (QED) is 0.535. The van der Waals surface area contributed by atoms with Crippen LogP contribution in [-0.2, 0) is 30.6 Å². The first kappa shape index (κ1) is 25.7. The Morgan fingerprint density at radius 3 is 2.77 bits per heavy atom. The summed E-state index contributed by atoms with van der Waals surface area (Å²) in [5, 5.41) is 23.5.